The summed E-state index contributed by atoms with van der Waals surface area (Å²) in [6.45, 7) is 3.54. The number of nitrogens with one attached hydrogen (secondary N) is 2. The quantitative estimate of drug-likeness (QED) is 0.308. The van der Waals surface area contributed by atoms with Crippen molar-refractivity contribution in [1.82, 2.24) is 10.6 Å². The number of amides is 2. The lowest BCUT2D eigenvalue weighted by molar-refractivity contribution is -0.143. The van der Waals surface area contributed by atoms with Crippen molar-refractivity contribution in [3.63, 3.8) is 0 Å². The molecular weight excluding hydrogens is 350 g/mol. The summed E-state index contributed by atoms with van der Waals surface area (Å²) in [5.41, 5.74) is 5.50. The highest BCUT2D eigenvalue weighted by Crippen LogP contribution is 2.10. The lowest BCUT2D eigenvalue weighted by Gasteiger charge is -2.26. The molecule has 4 unspecified atom stereocenters. The molecule has 0 rings (SSSR count). The van der Waals surface area contributed by atoms with E-state index in [0.717, 1.165) is 0 Å². The van der Waals surface area contributed by atoms with E-state index in [0.29, 0.717) is 12.2 Å². The fraction of sp³-hybridized carbons (Fsp3) is 0.733. The van der Waals surface area contributed by atoms with E-state index in [-0.39, 0.29) is 12.3 Å². The number of nitrogens with two attached hydrogens (primary N) is 1. The Hall–Kier alpha value is -1.81. The van der Waals surface area contributed by atoms with Gasteiger partial charge in [0.05, 0.1) is 12.5 Å². The Bertz CT molecular complexity index is 488. The summed E-state index contributed by atoms with van der Waals surface area (Å²) in [5, 5.41) is 22.7. The van der Waals surface area contributed by atoms with Gasteiger partial charge in [-0.05, 0) is 24.3 Å². The average molecular weight is 377 g/mol. The molecule has 0 aliphatic carbocycles. The first-order valence-electron chi connectivity index (χ1n) is 7.93. The molecule has 144 valence electrons. The monoisotopic (exact) mass is 377 g/mol. The molecule has 0 aromatic rings. The second-order valence-corrected chi connectivity index (χ2v) is 6.74. The van der Waals surface area contributed by atoms with Gasteiger partial charge in [0.1, 0.15) is 12.1 Å². The van der Waals surface area contributed by atoms with E-state index in [1.54, 1.807) is 6.92 Å². The Labute approximate surface area is 151 Å². The Kier molecular flexibility index (Phi) is 10.8. The Morgan fingerprint density at radius 1 is 1.12 bits per heavy atom. The van der Waals surface area contributed by atoms with Gasteiger partial charge in [0, 0.05) is 0 Å². The minimum Gasteiger partial charge on any atom is -0.481 e. The number of aliphatic carboxylic acids is 2. The first-order valence-corrected chi connectivity index (χ1v) is 9.33. The third-order valence-corrected chi connectivity index (χ3v) is 4.39. The fourth-order valence-corrected chi connectivity index (χ4v) is 2.47. The highest BCUT2D eigenvalue weighted by atomic mass is 32.2. The van der Waals surface area contributed by atoms with Crippen molar-refractivity contribution in [2.75, 3.05) is 12.0 Å². The number of carbonyl (C=O) groups excluding carboxylic acids is 2. The van der Waals surface area contributed by atoms with E-state index in [1.165, 1.54) is 11.8 Å². The number of carboxylic acids is 2. The van der Waals surface area contributed by atoms with Crippen LogP contribution >= 0.6 is 11.8 Å². The summed E-state index contributed by atoms with van der Waals surface area (Å²) in [5.74, 6) is -3.50. The molecule has 0 aliphatic heterocycles. The Morgan fingerprint density at radius 2 is 1.72 bits per heavy atom. The van der Waals surface area contributed by atoms with Crippen molar-refractivity contribution in [2.45, 2.75) is 51.2 Å². The summed E-state index contributed by atoms with van der Waals surface area (Å²) in [4.78, 5) is 46.4. The summed E-state index contributed by atoms with van der Waals surface area (Å²) < 4.78 is 0. The Morgan fingerprint density at radius 3 is 2.16 bits per heavy atom. The summed E-state index contributed by atoms with van der Waals surface area (Å²) in [6, 6.07) is -3.34. The smallest absolute Gasteiger partial charge is 0.326 e. The molecule has 10 heteroatoms. The van der Waals surface area contributed by atoms with Gasteiger partial charge in [-0.2, -0.15) is 11.8 Å². The van der Waals surface area contributed by atoms with Crippen molar-refractivity contribution in [3.8, 4) is 0 Å². The highest BCUT2D eigenvalue weighted by molar-refractivity contribution is 7.98. The minimum absolute atomic E-state index is 0.252. The molecule has 0 saturated heterocycles. The molecule has 6 N–H and O–H groups in total. The SMILES string of the molecule is CCC(C)C(NC(=O)C(N)CC(=O)O)C(=O)NC(CCSC)C(=O)O. The zero-order valence-electron chi connectivity index (χ0n) is 14.7. The zero-order chi connectivity index (χ0) is 19.6. The minimum atomic E-state index is -1.29. The predicted octanol–water partition coefficient (Wildman–Crippen LogP) is -0.358. The zero-order valence-corrected chi connectivity index (χ0v) is 15.5. The van der Waals surface area contributed by atoms with Gasteiger partial charge >= 0.3 is 11.9 Å². The normalized spacial score (nSPS) is 15.5. The molecule has 0 fully saturated rings. The van der Waals surface area contributed by atoms with Gasteiger partial charge in [0.25, 0.3) is 0 Å². The van der Waals surface area contributed by atoms with Gasteiger partial charge in [-0.15, -0.1) is 0 Å². The number of rotatable bonds is 12. The first kappa shape index (κ1) is 23.2. The molecule has 2 amide bonds. The van der Waals surface area contributed by atoms with Crippen LogP contribution in [-0.2, 0) is 19.2 Å². The van der Waals surface area contributed by atoms with Crippen LogP contribution in [0.15, 0.2) is 0 Å². The molecule has 0 aromatic heterocycles. The second kappa shape index (κ2) is 11.7. The van der Waals surface area contributed by atoms with E-state index in [4.69, 9.17) is 10.8 Å². The van der Waals surface area contributed by atoms with Crippen LogP contribution in [0, 0.1) is 5.92 Å². The van der Waals surface area contributed by atoms with Gasteiger partial charge in [0.2, 0.25) is 11.8 Å². The van der Waals surface area contributed by atoms with E-state index >= 15 is 0 Å². The number of carboxylic acid groups (broad SMARTS) is 2. The van der Waals surface area contributed by atoms with Gasteiger partial charge in [-0.1, -0.05) is 20.3 Å². The third-order valence-electron chi connectivity index (χ3n) is 3.75. The largest absolute Gasteiger partial charge is 0.481 e. The van der Waals surface area contributed by atoms with Crippen LogP contribution in [0.25, 0.3) is 0 Å². The highest BCUT2D eigenvalue weighted by Gasteiger charge is 2.31. The Balaban J connectivity index is 5.05. The second-order valence-electron chi connectivity index (χ2n) is 5.76. The number of hydrogen-bond donors (Lipinski definition) is 5. The average Bonchev–Trinajstić information content (AvgIpc) is 2.54. The van der Waals surface area contributed by atoms with Gasteiger partial charge in [-0.3, -0.25) is 14.4 Å². The standard InChI is InChI=1S/C15H27N3O6S/c1-4-8(2)12(18-13(21)9(16)7-11(19)20)14(22)17-10(15(23)24)5-6-25-3/h8-10,12H,4-7,16H2,1-3H3,(H,17,22)(H,18,21)(H,19,20)(H,23,24). The van der Waals surface area contributed by atoms with Crippen molar-refractivity contribution in [3.05, 3.63) is 0 Å². The van der Waals surface area contributed by atoms with Crippen LogP contribution in [-0.4, -0.2) is 64.1 Å². The summed E-state index contributed by atoms with van der Waals surface area (Å²) >= 11 is 1.46. The molecule has 9 nitrogen and oxygen atoms in total. The van der Waals surface area contributed by atoms with E-state index < -0.39 is 48.3 Å². The molecule has 0 radical (unpaired) electrons. The van der Waals surface area contributed by atoms with Crippen LogP contribution in [0.2, 0.25) is 0 Å². The maximum Gasteiger partial charge on any atom is 0.326 e. The summed E-state index contributed by atoms with van der Waals surface area (Å²) in [7, 11) is 0. The van der Waals surface area contributed by atoms with E-state index in [2.05, 4.69) is 10.6 Å². The van der Waals surface area contributed by atoms with Crippen LogP contribution in [0.1, 0.15) is 33.1 Å². The predicted molar refractivity (Wildman–Crippen MR) is 94.2 cm³/mol. The van der Waals surface area contributed by atoms with Crippen molar-refractivity contribution in [2.24, 2.45) is 11.7 Å². The van der Waals surface area contributed by atoms with Crippen molar-refractivity contribution >= 4 is 35.5 Å². The fourth-order valence-electron chi connectivity index (χ4n) is 2.00. The van der Waals surface area contributed by atoms with Crippen LogP contribution in [0.4, 0.5) is 0 Å². The van der Waals surface area contributed by atoms with Gasteiger partial charge in [0.15, 0.2) is 0 Å². The maximum atomic E-state index is 12.4. The molecular formula is C15H27N3O6S. The molecule has 0 heterocycles. The van der Waals surface area contributed by atoms with Gasteiger partial charge in [-0.25, -0.2) is 4.79 Å². The number of carbonyl (C=O) groups is 4. The van der Waals surface area contributed by atoms with Crippen LogP contribution in [0.3, 0.4) is 0 Å². The molecule has 0 bridgehead atoms. The van der Waals surface area contributed by atoms with E-state index in [1.807, 2.05) is 13.2 Å². The van der Waals surface area contributed by atoms with Crippen LogP contribution in [0.5, 0.6) is 0 Å². The lowest BCUT2D eigenvalue weighted by Crippen LogP contribution is -2.56. The van der Waals surface area contributed by atoms with E-state index in [9.17, 15) is 24.3 Å². The lowest BCUT2D eigenvalue weighted by atomic mass is 9.97. The first-order chi connectivity index (χ1) is 11.6. The molecule has 0 spiro atoms. The van der Waals surface area contributed by atoms with Gasteiger partial charge < -0.3 is 26.6 Å². The molecule has 0 aromatic carbocycles. The molecule has 25 heavy (non-hydrogen) atoms. The molecule has 0 aliphatic rings. The number of thioether (sulfide) groups is 1. The third kappa shape index (κ3) is 8.73. The number of hydrogen-bond acceptors (Lipinski definition) is 6. The topological polar surface area (TPSA) is 159 Å². The molecule has 0 saturated carbocycles. The van der Waals surface area contributed by atoms with Crippen LogP contribution < -0.4 is 16.4 Å². The maximum absolute atomic E-state index is 12.4. The summed E-state index contributed by atoms with van der Waals surface area (Å²) in [6.07, 6.45) is 2.07. The molecule has 4 atom stereocenters. The van der Waals surface area contributed by atoms with Crippen molar-refractivity contribution < 1.29 is 29.4 Å². The van der Waals surface area contributed by atoms with Crippen molar-refractivity contribution in [1.29, 1.82) is 0 Å².